The van der Waals surface area contributed by atoms with Crippen molar-refractivity contribution >= 4 is 5.69 Å². The molecule has 0 aliphatic heterocycles. The molecule has 0 aliphatic carbocycles. The lowest BCUT2D eigenvalue weighted by Crippen LogP contribution is -2.00. The van der Waals surface area contributed by atoms with Gasteiger partial charge in [-0.25, -0.2) is 14.1 Å². The number of halogens is 1. The third-order valence-electron chi connectivity index (χ3n) is 2.57. The highest BCUT2D eigenvalue weighted by Gasteiger charge is 2.17. The molecule has 17 heavy (non-hydrogen) atoms. The Morgan fingerprint density at radius 3 is 2.59 bits per heavy atom. The minimum Gasteiger partial charge on any atom is -0.398 e. The van der Waals surface area contributed by atoms with E-state index in [1.54, 1.807) is 23.9 Å². The molecule has 0 radical (unpaired) electrons. The second-order valence-electron chi connectivity index (χ2n) is 4.28. The summed E-state index contributed by atoms with van der Waals surface area (Å²) in [6, 6.07) is 4.60. The zero-order valence-electron chi connectivity index (χ0n) is 10.1. The molecule has 1 heterocycles. The number of nitrogens with zero attached hydrogens (tertiary/aromatic N) is 3. The van der Waals surface area contributed by atoms with Crippen molar-refractivity contribution in [3.8, 4) is 11.4 Å². The van der Waals surface area contributed by atoms with Crippen molar-refractivity contribution in [1.29, 1.82) is 0 Å². The van der Waals surface area contributed by atoms with E-state index in [9.17, 15) is 4.39 Å². The molecule has 0 amide bonds. The maximum atomic E-state index is 13.8. The van der Waals surface area contributed by atoms with Gasteiger partial charge in [-0.1, -0.05) is 19.9 Å². The van der Waals surface area contributed by atoms with Crippen molar-refractivity contribution in [2.45, 2.75) is 19.8 Å². The molecule has 2 N–H and O–H groups in total. The Hall–Kier alpha value is -1.91. The van der Waals surface area contributed by atoms with Gasteiger partial charge in [0.1, 0.15) is 5.82 Å². The third kappa shape index (κ3) is 2.00. The van der Waals surface area contributed by atoms with Crippen LogP contribution in [0.1, 0.15) is 25.6 Å². The summed E-state index contributed by atoms with van der Waals surface area (Å²) in [5.41, 5.74) is 6.47. The molecule has 2 rings (SSSR count). The molecule has 5 heteroatoms. The smallest absolute Gasteiger partial charge is 0.163 e. The van der Waals surface area contributed by atoms with Gasteiger partial charge in [0.05, 0.1) is 5.56 Å². The van der Waals surface area contributed by atoms with E-state index < -0.39 is 0 Å². The molecule has 0 atom stereocenters. The average molecular weight is 234 g/mol. The van der Waals surface area contributed by atoms with Crippen LogP contribution in [0.5, 0.6) is 0 Å². The zero-order chi connectivity index (χ0) is 12.6. The number of nitrogens with two attached hydrogens (primary N) is 1. The average Bonchev–Trinajstić information content (AvgIpc) is 2.61. The van der Waals surface area contributed by atoms with Gasteiger partial charge in [0.2, 0.25) is 0 Å². The molecular weight excluding hydrogens is 219 g/mol. The summed E-state index contributed by atoms with van der Waals surface area (Å²) in [4.78, 5) is 4.33. The number of hydrogen-bond donors (Lipinski definition) is 1. The number of anilines is 1. The quantitative estimate of drug-likeness (QED) is 0.811. The van der Waals surface area contributed by atoms with Gasteiger partial charge >= 0.3 is 0 Å². The summed E-state index contributed by atoms with van der Waals surface area (Å²) in [5.74, 6) is 0.966. The molecule has 0 bridgehead atoms. The molecule has 0 unspecified atom stereocenters. The normalized spacial score (nSPS) is 11.1. The molecule has 0 aliphatic rings. The van der Waals surface area contributed by atoms with Crippen LogP contribution in [0.25, 0.3) is 11.4 Å². The van der Waals surface area contributed by atoms with Gasteiger partial charge in [-0.2, -0.15) is 5.10 Å². The van der Waals surface area contributed by atoms with Gasteiger partial charge in [0, 0.05) is 18.7 Å². The van der Waals surface area contributed by atoms with E-state index >= 15 is 0 Å². The summed E-state index contributed by atoms with van der Waals surface area (Å²) >= 11 is 0. The minimum atomic E-state index is -0.379. The summed E-state index contributed by atoms with van der Waals surface area (Å²) < 4.78 is 15.3. The summed E-state index contributed by atoms with van der Waals surface area (Å²) in [6.07, 6.45) is 0. The molecule has 0 fully saturated rings. The first-order chi connectivity index (χ1) is 8.00. The number of hydrogen-bond acceptors (Lipinski definition) is 3. The number of benzene rings is 1. The fraction of sp³-hybridized carbons (Fsp3) is 0.333. The topological polar surface area (TPSA) is 56.7 Å². The van der Waals surface area contributed by atoms with Crippen molar-refractivity contribution in [3.05, 3.63) is 29.8 Å². The summed E-state index contributed by atoms with van der Waals surface area (Å²) in [5, 5.41) is 4.25. The van der Waals surface area contributed by atoms with Crippen molar-refractivity contribution in [2.24, 2.45) is 7.05 Å². The highest BCUT2D eigenvalue weighted by atomic mass is 19.1. The van der Waals surface area contributed by atoms with E-state index in [0.29, 0.717) is 22.9 Å². The van der Waals surface area contributed by atoms with Crippen LogP contribution >= 0.6 is 0 Å². The monoisotopic (exact) mass is 234 g/mol. The van der Waals surface area contributed by atoms with Crippen LogP contribution < -0.4 is 5.73 Å². The maximum absolute atomic E-state index is 13.8. The van der Waals surface area contributed by atoms with E-state index in [2.05, 4.69) is 10.1 Å². The lowest BCUT2D eigenvalue weighted by Gasteiger charge is -2.05. The fourth-order valence-corrected chi connectivity index (χ4v) is 1.64. The Bertz CT molecular complexity index is 525. The van der Waals surface area contributed by atoms with E-state index in [-0.39, 0.29) is 11.7 Å². The van der Waals surface area contributed by atoms with Crippen molar-refractivity contribution in [3.63, 3.8) is 0 Å². The first kappa shape index (κ1) is 11.6. The molecular formula is C12H15FN4. The van der Waals surface area contributed by atoms with Crippen molar-refractivity contribution < 1.29 is 4.39 Å². The van der Waals surface area contributed by atoms with Gasteiger partial charge in [0.25, 0.3) is 0 Å². The van der Waals surface area contributed by atoms with Crippen molar-refractivity contribution in [2.75, 3.05) is 5.73 Å². The Labute approximate surface area is 99.3 Å². The van der Waals surface area contributed by atoms with Crippen LogP contribution in [-0.2, 0) is 7.05 Å². The first-order valence-electron chi connectivity index (χ1n) is 5.46. The maximum Gasteiger partial charge on any atom is 0.163 e. The highest BCUT2D eigenvalue weighted by molar-refractivity contribution is 5.72. The van der Waals surface area contributed by atoms with Crippen molar-refractivity contribution in [1.82, 2.24) is 14.8 Å². The summed E-state index contributed by atoms with van der Waals surface area (Å²) in [6.45, 7) is 3.98. The second-order valence-corrected chi connectivity index (χ2v) is 4.28. The van der Waals surface area contributed by atoms with E-state index in [0.717, 1.165) is 0 Å². The SMILES string of the molecule is CC(C)c1nc(-c2c(N)cccc2F)n(C)n1. The molecule has 1 aromatic carbocycles. The van der Waals surface area contributed by atoms with Crippen LogP contribution in [0.2, 0.25) is 0 Å². The Morgan fingerprint density at radius 1 is 1.35 bits per heavy atom. The van der Waals surface area contributed by atoms with Crippen LogP contribution in [0.4, 0.5) is 10.1 Å². The van der Waals surface area contributed by atoms with Crippen LogP contribution in [0, 0.1) is 5.82 Å². The largest absolute Gasteiger partial charge is 0.398 e. The molecule has 4 nitrogen and oxygen atoms in total. The number of nitrogen functional groups attached to an aromatic ring is 1. The van der Waals surface area contributed by atoms with Crippen LogP contribution in [0.15, 0.2) is 18.2 Å². The predicted molar refractivity (Wildman–Crippen MR) is 64.9 cm³/mol. The molecule has 1 aromatic heterocycles. The van der Waals surface area contributed by atoms with E-state index in [1.807, 2.05) is 13.8 Å². The Balaban J connectivity index is 2.61. The first-order valence-corrected chi connectivity index (χ1v) is 5.46. The fourth-order valence-electron chi connectivity index (χ4n) is 1.64. The minimum absolute atomic E-state index is 0.197. The van der Waals surface area contributed by atoms with Gasteiger partial charge in [-0.15, -0.1) is 0 Å². The number of aryl methyl sites for hydroxylation is 1. The van der Waals surface area contributed by atoms with Gasteiger partial charge < -0.3 is 5.73 Å². The van der Waals surface area contributed by atoms with Gasteiger partial charge in [-0.05, 0) is 12.1 Å². The molecule has 0 saturated heterocycles. The Kier molecular flexibility index (Phi) is 2.83. The van der Waals surface area contributed by atoms with Crippen LogP contribution in [0.3, 0.4) is 0 Å². The lowest BCUT2D eigenvalue weighted by atomic mass is 10.1. The van der Waals surface area contributed by atoms with Gasteiger partial charge in [-0.3, -0.25) is 0 Å². The lowest BCUT2D eigenvalue weighted by molar-refractivity contribution is 0.627. The standard InChI is InChI=1S/C12H15FN4/c1-7(2)11-15-12(17(3)16-11)10-8(13)5-4-6-9(10)14/h4-7H,14H2,1-3H3. The summed E-state index contributed by atoms with van der Waals surface area (Å²) in [7, 11) is 1.74. The van der Waals surface area contributed by atoms with Crippen LogP contribution in [-0.4, -0.2) is 14.8 Å². The highest BCUT2D eigenvalue weighted by Crippen LogP contribution is 2.27. The number of aromatic nitrogens is 3. The van der Waals surface area contributed by atoms with Gasteiger partial charge in [0.15, 0.2) is 11.6 Å². The molecule has 0 spiro atoms. The van der Waals surface area contributed by atoms with E-state index in [4.69, 9.17) is 5.73 Å². The zero-order valence-corrected chi connectivity index (χ0v) is 10.1. The molecule has 2 aromatic rings. The third-order valence-corrected chi connectivity index (χ3v) is 2.57. The van der Waals surface area contributed by atoms with E-state index in [1.165, 1.54) is 6.07 Å². The molecule has 0 saturated carbocycles. The Morgan fingerprint density at radius 2 is 2.06 bits per heavy atom. The number of rotatable bonds is 2. The molecule has 90 valence electrons. The second kappa shape index (κ2) is 4.16. The predicted octanol–water partition coefficient (Wildman–Crippen LogP) is 2.33.